The van der Waals surface area contributed by atoms with E-state index in [0.717, 1.165) is 0 Å². The van der Waals surface area contributed by atoms with Crippen molar-refractivity contribution < 1.29 is 38.6 Å². The number of nitrogens with zero attached hydrogens (tertiary/aromatic N) is 3. The fourth-order valence-electron chi connectivity index (χ4n) is 4.05. The summed E-state index contributed by atoms with van der Waals surface area (Å²) in [7, 11) is 0. The predicted octanol–water partition coefficient (Wildman–Crippen LogP) is 1.25. The summed E-state index contributed by atoms with van der Waals surface area (Å²) < 4.78 is 14.9. The van der Waals surface area contributed by atoms with E-state index in [1.54, 1.807) is 32.9 Å². The number of fused-ring (bicyclic) bond motifs is 1. The Kier molecular flexibility index (Phi) is 10.0. The standard InChI is InChI=1S/C26H29N5O8S3/c1-26(2,3)24(37)39-12-38-23(36)18-13(10-41-25-28-11-29-42-25)9-40-22-17(21(35)31(18)22)30-20(34)19(33)15-7-5-4-6-14(15)16(32)8-27/h4-7,11,17,19,22,33H,8-10,12,27H2,1-3H3,(H,30,34)/t17?,19?,22-/m0/s1. The molecule has 1 saturated heterocycles. The van der Waals surface area contributed by atoms with Crippen LogP contribution in [-0.4, -0.2) is 85.2 Å². The number of aromatic nitrogens is 2. The number of aliphatic hydroxyl groups excluding tert-OH is 1. The van der Waals surface area contributed by atoms with Gasteiger partial charge in [0.15, 0.2) is 16.2 Å². The molecule has 2 aromatic rings. The molecule has 0 saturated carbocycles. The largest absolute Gasteiger partial charge is 0.427 e. The summed E-state index contributed by atoms with van der Waals surface area (Å²) in [5.41, 5.74) is 5.41. The second kappa shape index (κ2) is 13.3. The summed E-state index contributed by atoms with van der Waals surface area (Å²) in [6.07, 6.45) is -0.319. The van der Waals surface area contributed by atoms with Gasteiger partial charge in [0, 0.05) is 22.6 Å². The molecule has 2 aliphatic heterocycles. The average molecular weight is 636 g/mol. The molecule has 1 fully saturated rings. The van der Waals surface area contributed by atoms with E-state index in [4.69, 9.17) is 15.2 Å². The maximum Gasteiger partial charge on any atom is 0.357 e. The van der Waals surface area contributed by atoms with E-state index in [1.165, 1.54) is 58.4 Å². The normalized spacial score (nSPS) is 19.0. The Morgan fingerprint density at radius 1 is 1.24 bits per heavy atom. The SMILES string of the molecule is CC(C)(C)C(=O)OCOC(=O)C1=C(CSc2ncns2)CS[C@H]2C(NC(=O)C(O)c3ccccc3C(=O)CN)C(=O)N12. The number of hydrogen-bond donors (Lipinski definition) is 3. The molecule has 4 rings (SSSR count). The Morgan fingerprint density at radius 3 is 2.64 bits per heavy atom. The number of aliphatic hydroxyl groups is 1. The third-order valence-electron chi connectivity index (χ3n) is 6.23. The molecule has 4 N–H and O–H groups in total. The van der Waals surface area contributed by atoms with Crippen molar-refractivity contribution in [2.75, 3.05) is 24.8 Å². The first kappa shape index (κ1) is 31.6. The number of amides is 2. The van der Waals surface area contributed by atoms with Gasteiger partial charge in [-0.1, -0.05) is 36.0 Å². The molecular weight excluding hydrogens is 607 g/mol. The first-order valence-corrected chi connectivity index (χ1v) is 15.5. The number of nitrogens with one attached hydrogen (secondary N) is 1. The quantitative estimate of drug-likeness (QED) is 0.105. The van der Waals surface area contributed by atoms with E-state index in [2.05, 4.69) is 14.7 Å². The van der Waals surface area contributed by atoms with Gasteiger partial charge in [0.25, 0.3) is 11.8 Å². The van der Waals surface area contributed by atoms with Crippen molar-refractivity contribution in [3.63, 3.8) is 0 Å². The van der Waals surface area contributed by atoms with Gasteiger partial charge in [-0.3, -0.25) is 24.1 Å². The molecule has 0 aliphatic carbocycles. The van der Waals surface area contributed by atoms with E-state index in [9.17, 15) is 29.1 Å². The second-order valence-corrected chi connectivity index (χ2v) is 13.3. The maximum absolute atomic E-state index is 13.3. The molecule has 42 heavy (non-hydrogen) atoms. The summed E-state index contributed by atoms with van der Waals surface area (Å²) in [5.74, 6) is -2.71. The lowest BCUT2D eigenvalue weighted by Gasteiger charge is -2.49. The number of hydrogen-bond acceptors (Lipinski definition) is 14. The fraction of sp³-hybridized carbons (Fsp3) is 0.423. The molecular formula is C26H29N5O8S3. The molecule has 3 atom stereocenters. The van der Waals surface area contributed by atoms with Crippen LogP contribution in [0.4, 0.5) is 0 Å². The number of ketones is 1. The molecule has 2 amide bonds. The smallest absolute Gasteiger partial charge is 0.357 e. The van der Waals surface area contributed by atoms with Gasteiger partial charge in [0.2, 0.25) is 6.79 Å². The van der Waals surface area contributed by atoms with Crippen molar-refractivity contribution in [2.45, 2.75) is 42.6 Å². The minimum Gasteiger partial charge on any atom is -0.427 e. The van der Waals surface area contributed by atoms with E-state index in [1.807, 2.05) is 0 Å². The molecule has 2 unspecified atom stereocenters. The Balaban J connectivity index is 1.49. The molecule has 0 spiro atoms. The summed E-state index contributed by atoms with van der Waals surface area (Å²) in [6.45, 7) is 4.03. The Hall–Kier alpha value is -3.31. The lowest BCUT2D eigenvalue weighted by Crippen LogP contribution is -2.71. The molecule has 16 heteroatoms. The van der Waals surface area contributed by atoms with E-state index >= 15 is 0 Å². The highest BCUT2D eigenvalue weighted by molar-refractivity contribution is 8.01. The zero-order valence-corrected chi connectivity index (χ0v) is 25.3. The van der Waals surface area contributed by atoms with E-state index in [0.29, 0.717) is 21.4 Å². The zero-order valence-electron chi connectivity index (χ0n) is 22.9. The van der Waals surface area contributed by atoms with Crippen LogP contribution in [0.15, 0.2) is 46.2 Å². The highest BCUT2D eigenvalue weighted by Gasteiger charge is 2.54. The molecule has 2 aliphatic rings. The zero-order chi connectivity index (χ0) is 30.6. The first-order valence-electron chi connectivity index (χ1n) is 12.6. The number of Topliss-reactive ketones (excluding diaryl/α,β-unsaturated/α-hetero) is 1. The van der Waals surface area contributed by atoms with Crippen molar-refractivity contribution in [2.24, 2.45) is 11.1 Å². The second-order valence-electron chi connectivity index (χ2n) is 10.2. The summed E-state index contributed by atoms with van der Waals surface area (Å²) in [5, 5.41) is 12.6. The van der Waals surface area contributed by atoms with E-state index < -0.39 is 59.3 Å². The number of nitrogens with two attached hydrogens (primary N) is 1. The first-order chi connectivity index (χ1) is 19.9. The van der Waals surface area contributed by atoms with Crippen LogP contribution in [0.2, 0.25) is 0 Å². The van der Waals surface area contributed by atoms with Gasteiger partial charge in [0.05, 0.1) is 12.0 Å². The van der Waals surface area contributed by atoms with Crippen LogP contribution in [0.25, 0.3) is 0 Å². The topological polar surface area (TPSA) is 191 Å². The van der Waals surface area contributed by atoms with Crippen LogP contribution < -0.4 is 11.1 Å². The molecule has 3 heterocycles. The van der Waals surface area contributed by atoms with Gasteiger partial charge < -0.3 is 25.6 Å². The van der Waals surface area contributed by atoms with Crippen LogP contribution in [0.3, 0.4) is 0 Å². The number of carbonyl (C=O) groups is 5. The minimum atomic E-state index is -1.73. The Bertz CT molecular complexity index is 1410. The number of ether oxygens (including phenoxy) is 2. The summed E-state index contributed by atoms with van der Waals surface area (Å²) in [4.78, 5) is 69.1. The lowest BCUT2D eigenvalue weighted by molar-refractivity contribution is -0.173. The van der Waals surface area contributed by atoms with Crippen LogP contribution in [0, 0.1) is 5.41 Å². The van der Waals surface area contributed by atoms with Gasteiger partial charge in [-0.05, 0) is 37.9 Å². The molecule has 0 bridgehead atoms. The van der Waals surface area contributed by atoms with Crippen molar-refractivity contribution in [1.29, 1.82) is 0 Å². The minimum absolute atomic E-state index is 0.00231. The molecule has 224 valence electrons. The van der Waals surface area contributed by atoms with Crippen LogP contribution in [0.5, 0.6) is 0 Å². The van der Waals surface area contributed by atoms with Crippen molar-refractivity contribution in [3.8, 4) is 0 Å². The highest BCUT2D eigenvalue weighted by Crippen LogP contribution is 2.42. The third kappa shape index (κ3) is 6.83. The van der Waals surface area contributed by atoms with Crippen molar-refractivity contribution in [1.82, 2.24) is 19.6 Å². The Labute approximate surface area is 253 Å². The number of thioether (sulfide) groups is 2. The number of β-lactam (4-membered cyclic amide) rings is 1. The summed E-state index contributed by atoms with van der Waals surface area (Å²) in [6, 6.07) is 4.99. The third-order valence-corrected chi connectivity index (χ3v) is 9.45. The van der Waals surface area contributed by atoms with Crippen LogP contribution >= 0.6 is 35.1 Å². The van der Waals surface area contributed by atoms with Crippen LogP contribution in [0.1, 0.15) is 42.8 Å². The van der Waals surface area contributed by atoms with Gasteiger partial charge in [0.1, 0.15) is 23.4 Å². The number of benzene rings is 1. The maximum atomic E-state index is 13.3. The van der Waals surface area contributed by atoms with Gasteiger partial charge in [-0.25, -0.2) is 9.78 Å². The molecule has 0 radical (unpaired) electrons. The average Bonchev–Trinajstić information content (AvgIpc) is 3.50. The van der Waals surface area contributed by atoms with Crippen molar-refractivity contribution >= 4 is 64.6 Å². The number of carbonyl (C=O) groups excluding carboxylic acids is 5. The lowest BCUT2D eigenvalue weighted by atomic mass is 9.97. The van der Waals surface area contributed by atoms with Gasteiger partial charge >= 0.3 is 11.9 Å². The van der Waals surface area contributed by atoms with Gasteiger partial charge in [-0.15, -0.1) is 11.8 Å². The highest BCUT2D eigenvalue weighted by atomic mass is 32.2. The number of rotatable bonds is 11. The fourth-order valence-corrected chi connectivity index (χ4v) is 6.98. The Morgan fingerprint density at radius 2 is 1.98 bits per heavy atom. The summed E-state index contributed by atoms with van der Waals surface area (Å²) >= 11 is 3.85. The monoisotopic (exact) mass is 635 g/mol. The number of esters is 2. The van der Waals surface area contributed by atoms with Gasteiger partial charge in [-0.2, -0.15) is 4.37 Å². The van der Waals surface area contributed by atoms with Crippen molar-refractivity contribution in [3.05, 3.63) is 53.0 Å². The van der Waals surface area contributed by atoms with Crippen LogP contribution in [-0.2, 0) is 28.7 Å². The molecule has 1 aromatic carbocycles. The predicted molar refractivity (Wildman–Crippen MR) is 154 cm³/mol. The molecule has 1 aromatic heterocycles. The van der Waals surface area contributed by atoms with E-state index in [-0.39, 0.29) is 23.4 Å². The molecule has 13 nitrogen and oxygen atoms in total.